The van der Waals surface area contributed by atoms with Gasteiger partial charge in [-0.15, -0.1) is 6.58 Å². The van der Waals surface area contributed by atoms with Crippen molar-refractivity contribution in [3.05, 3.63) is 12.7 Å². The molecule has 0 bridgehead atoms. The van der Waals surface area contributed by atoms with Crippen LogP contribution in [0.2, 0.25) is 0 Å². The number of ether oxygens (including phenoxy) is 2. The Morgan fingerprint density at radius 2 is 1.86 bits per heavy atom. The van der Waals surface area contributed by atoms with Gasteiger partial charge in [0.2, 0.25) is 0 Å². The van der Waals surface area contributed by atoms with Gasteiger partial charge in [-0.3, -0.25) is 4.79 Å². The topological polar surface area (TPSA) is 35.5 Å². The molecule has 1 saturated heterocycles. The van der Waals surface area contributed by atoms with E-state index in [0.717, 1.165) is 12.8 Å². The van der Waals surface area contributed by atoms with Crippen LogP contribution < -0.4 is 0 Å². The van der Waals surface area contributed by atoms with Gasteiger partial charge in [0.15, 0.2) is 5.79 Å². The molecule has 3 rings (SSSR count). The number of fused-ring (bicyclic) bond motifs is 1. The van der Waals surface area contributed by atoms with Gasteiger partial charge in [0.05, 0.1) is 13.2 Å². The van der Waals surface area contributed by atoms with Gasteiger partial charge in [-0.2, -0.15) is 0 Å². The lowest BCUT2D eigenvalue weighted by Gasteiger charge is -2.61. The standard InChI is InChI=1S/C18H28O3/c1-6-16(4)12(2)14(19)11-17(5)13(3)18(8-7-15(16)17)20-9-10-21-18/h6,12-13,15H,1,7-11H2,2-5H3/t12-,13+,15-,16+,17+/m1/s1. The first-order chi connectivity index (χ1) is 9.80. The smallest absolute Gasteiger partial charge is 0.171 e. The second-order valence-electron chi connectivity index (χ2n) is 7.76. The van der Waals surface area contributed by atoms with Crippen LogP contribution in [0.4, 0.5) is 0 Å². The van der Waals surface area contributed by atoms with Gasteiger partial charge >= 0.3 is 0 Å². The summed E-state index contributed by atoms with van der Waals surface area (Å²) in [5.74, 6) is 0.636. The van der Waals surface area contributed by atoms with Crippen LogP contribution in [0.3, 0.4) is 0 Å². The molecule has 21 heavy (non-hydrogen) atoms. The van der Waals surface area contributed by atoms with Crippen LogP contribution in [0.5, 0.6) is 0 Å². The first kappa shape index (κ1) is 15.2. The zero-order valence-corrected chi connectivity index (χ0v) is 13.8. The summed E-state index contributed by atoms with van der Waals surface area (Å²) in [7, 11) is 0. The van der Waals surface area contributed by atoms with Crippen LogP contribution in [0.25, 0.3) is 0 Å². The number of carbonyl (C=O) groups excluding carboxylic acids is 1. The van der Waals surface area contributed by atoms with Crippen LogP contribution in [-0.2, 0) is 14.3 Å². The fourth-order valence-corrected chi connectivity index (χ4v) is 5.35. The average Bonchev–Trinajstić information content (AvgIpc) is 2.92. The molecule has 1 spiro atoms. The lowest BCUT2D eigenvalue weighted by atomic mass is 9.44. The Morgan fingerprint density at radius 1 is 1.24 bits per heavy atom. The van der Waals surface area contributed by atoms with Gasteiger partial charge in [-0.25, -0.2) is 0 Å². The molecule has 1 heterocycles. The van der Waals surface area contributed by atoms with E-state index in [1.165, 1.54) is 0 Å². The molecule has 0 aromatic heterocycles. The molecule has 0 aromatic carbocycles. The number of allylic oxidation sites excluding steroid dienone is 1. The average molecular weight is 292 g/mol. The van der Waals surface area contributed by atoms with E-state index in [1.54, 1.807) is 0 Å². The molecule has 3 fully saturated rings. The minimum absolute atomic E-state index is 0.0553. The Bertz CT molecular complexity index is 465. The predicted molar refractivity (Wildman–Crippen MR) is 81.7 cm³/mol. The summed E-state index contributed by atoms with van der Waals surface area (Å²) >= 11 is 0. The first-order valence-corrected chi connectivity index (χ1v) is 8.24. The Labute approximate surface area is 128 Å². The molecular formula is C18H28O3. The number of Topliss-reactive ketones (excluding diaryl/α,β-unsaturated/α-hetero) is 1. The second kappa shape index (κ2) is 4.66. The van der Waals surface area contributed by atoms with E-state index in [4.69, 9.17) is 9.47 Å². The minimum Gasteiger partial charge on any atom is -0.347 e. The van der Waals surface area contributed by atoms with Gasteiger partial charge in [0, 0.05) is 24.7 Å². The molecule has 0 amide bonds. The van der Waals surface area contributed by atoms with Crippen LogP contribution in [0, 0.1) is 28.6 Å². The molecule has 0 aromatic rings. The number of ketones is 1. The zero-order valence-electron chi connectivity index (χ0n) is 13.8. The summed E-state index contributed by atoms with van der Waals surface area (Å²) in [4.78, 5) is 12.6. The highest BCUT2D eigenvalue weighted by Crippen LogP contribution is 2.64. The maximum absolute atomic E-state index is 12.6. The van der Waals surface area contributed by atoms with Crippen molar-refractivity contribution in [3.63, 3.8) is 0 Å². The molecular weight excluding hydrogens is 264 g/mol. The lowest BCUT2D eigenvalue weighted by Crippen LogP contribution is -2.61. The van der Waals surface area contributed by atoms with Gasteiger partial charge in [0.1, 0.15) is 5.78 Å². The van der Waals surface area contributed by atoms with E-state index in [-0.39, 0.29) is 22.7 Å². The predicted octanol–water partition coefficient (Wildman–Crippen LogP) is 3.58. The molecule has 2 saturated carbocycles. The van der Waals surface area contributed by atoms with Gasteiger partial charge in [-0.1, -0.05) is 33.8 Å². The maximum Gasteiger partial charge on any atom is 0.171 e. The van der Waals surface area contributed by atoms with Gasteiger partial charge in [-0.05, 0) is 23.2 Å². The van der Waals surface area contributed by atoms with Crippen molar-refractivity contribution in [2.75, 3.05) is 13.2 Å². The Morgan fingerprint density at radius 3 is 2.43 bits per heavy atom. The van der Waals surface area contributed by atoms with Crippen LogP contribution in [0.1, 0.15) is 47.0 Å². The monoisotopic (exact) mass is 292 g/mol. The van der Waals surface area contributed by atoms with Gasteiger partial charge < -0.3 is 9.47 Å². The van der Waals surface area contributed by atoms with Crippen molar-refractivity contribution >= 4 is 5.78 Å². The molecule has 3 heteroatoms. The third-order valence-electron chi connectivity index (χ3n) is 7.16. The number of rotatable bonds is 1. The summed E-state index contributed by atoms with van der Waals surface area (Å²) < 4.78 is 12.0. The van der Waals surface area contributed by atoms with Crippen molar-refractivity contribution < 1.29 is 14.3 Å². The quantitative estimate of drug-likeness (QED) is 0.693. The molecule has 0 N–H and O–H groups in total. The Kier molecular flexibility index (Phi) is 3.38. The van der Waals surface area contributed by atoms with Crippen LogP contribution in [0.15, 0.2) is 12.7 Å². The molecule has 2 aliphatic carbocycles. The van der Waals surface area contributed by atoms with E-state index in [2.05, 4.69) is 34.3 Å². The largest absolute Gasteiger partial charge is 0.347 e. The molecule has 0 radical (unpaired) electrons. The summed E-state index contributed by atoms with van der Waals surface area (Å²) in [6, 6.07) is 0. The Balaban J connectivity index is 2.03. The highest BCUT2D eigenvalue weighted by Gasteiger charge is 2.64. The minimum atomic E-state index is -0.464. The van der Waals surface area contributed by atoms with Gasteiger partial charge in [0.25, 0.3) is 0 Å². The van der Waals surface area contributed by atoms with Crippen molar-refractivity contribution in [2.24, 2.45) is 28.6 Å². The number of hydrogen-bond donors (Lipinski definition) is 0. The van der Waals surface area contributed by atoms with E-state index in [0.29, 0.717) is 31.3 Å². The zero-order chi connectivity index (χ0) is 15.5. The first-order valence-electron chi connectivity index (χ1n) is 8.24. The molecule has 5 atom stereocenters. The summed E-state index contributed by atoms with van der Waals surface area (Å²) in [6.07, 6.45) is 4.64. The van der Waals surface area contributed by atoms with Crippen molar-refractivity contribution in [2.45, 2.75) is 52.7 Å². The molecule has 3 nitrogen and oxygen atoms in total. The highest BCUT2D eigenvalue weighted by molar-refractivity contribution is 5.83. The van der Waals surface area contributed by atoms with E-state index >= 15 is 0 Å². The van der Waals surface area contributed by atoms with E-state index in [9.17, 15) is 4.79 Å². The van der Waals surface area contributed by atoms with Crippen molar-refractivity contribution in [1.29, 1.82) is 0 Å². The third kappa shape index (κ3) is 1.83. The fourth-order valence-electron chi connectivity index (χ4n) is 5.35. The van der Waals surface area contributed by atoms with Crippen LogP contribution in [-0.4, -0.2) is 24.8 Å². The van der Waals surface area contributed by atoms with E-state index < -0.39 is 5.79 Å². The molecule has 1 aliphatic heterocycles. The highest BCUT2D eigenvalue weighted by atomic mass is 16.7. The fraction of sp³-hybridized carbons (Fsp3) is 0.833. The van der Waals surface area contributed by atoms with Crippen molar-refractivity contribution in [1.82, 2.24) is 0 Å². The molecule has 0 unspecified atom stereocenters. The van der Waals surface area contributed by atoms with E-state index in [1.807, 2.05) is 6.08 Å². The lowest BCUT2D eigenvalue weighted by molar-refractivity contribution is -0.264. The Hall–Kier alpha value is -0.670. The van der Waals surface area contributed by atoms with Crippen LogP contribution >= 0.6 is 0 Å². The normalized spacial score (nSPS) is 49.1. The second-order valence-corrected chi connectivity index (χ2v) is 7.76. The summed E-state index contributed by atoms with van der Waals surface area (Å²) in [6.45, 7) is 14.2. The van der Waals surface area contributed by atoms with Crippen molar-refractivity contribution in [3.8, 4) is 0 Å². The third-order valence-corrected chi connectivity index (χ3v) is 7.16. The SMILES string of the molecule is C=C[C@@]1(C)[C@H](C)C(=O)C[C@@]2(C)[C@H](C)C3(CC[C@H]12)OCCO3. The maximum atomic E-state index is 12.6. The summed E-state index contributed by atoms with van der Waals surface area (Å²) in [5.41, 5.74) is -0.201. The summed E-state index contributed by atoms with van der Waals surface area (Å²) in [5, 5.41) is 0. The number of hydrogen-bond acceptors (Lipinski definition) is 3. The number of carbonyl (C=O) groups is 1. The molecule has 3 aliphatic rings. The molecule has 118 valence electrons.